The first-order chi connectivity index (χ1) is 9.17. The SMILES string of the molecule is COC(=O)C#CCN(Cc1ccccc1)C(=O)CBr. The maximum Gasteiger partial charge on any atom is 0.384 e. The lowest BCUT2D eigenvalue weighted by molar-refractivity contribution is -0.134. The minimum atomic E-state index is -0.606. The van der Waals surface area contributed by atoms with Gasteiger partial charge in [-0.2, -0.15) is 0 Å². The molecule has 0 saturated heterocycles. The lowest BCUT2D eigenvalue weighted by atomic mass is 10.2. The molecule has 0 aliphatic carbocycles. The Hall–Kier alpha value is -1.80. The molecule has 0 atom stereocenters. The van der Waals surface area contributed by atoms with E-state index in [9.17, 15) is 9.59 Å². The summed E-state index contributed by atoms with van der Waals surface area (Å²) in [5.41, 5.74) is 1.01. The van der Waals surface area contributed by atoms with E-state index in [0.29, 0.717) is 6.54 Å². The van der Waals surface area contributed by atoms with E-state index in [2.05, 4.69) is 32.5 Å². The first kappa shape index (κ1) is 15.3. The molecule has 0 aliphatic rings. The number of nitrogens with zero attached hydrogens (tertiary/aromatic N) is 1. The smallest absolute Gasteiger partial charge is 0.384 e. The van der Waals surface area contributed by atoms with Gasteiger partial charge in [0.05, 0.1) is 19.0 Å². The molecule has 0 aromatic heterocycles. The van der Waals surface area contributed by atoms with Crippen LogP contribution in [-0.2, 0) is 20.9 Å². The number of hydrogen-bond donors (Lipinski definition) is 0. The summed E-state index contributed by atoms with van der Waals surface area (Å²) < 4.78 is 4.41. The Balaban J connectivity index is 2.69. The van der Waals surface area contributed by atoms with Crippen molar-refractivity contribution in [1.29, 1.82) is 0 Å². The van der Waals surface area contributed by atoms with Crippen LogP contribution in [0.1, 0.15) is 5.56 Å². The summed E-state index contributed by atoms with van der Waals surface area (Å²) in [5.74, 6) is 4.25. The zero-order valence-corrected chi connectivity index (χ0v) is 12.1. The number of amides is 1. The maximum absolute atomic E-state index is 11.8. The van der Waals surface area contributed by atoms with Gasteiger partial charge in [-0.3, -0.25) is 4.79 Å². The lowest BCUT2D eigenvalue weighted by Crippen LogP contribution is -2.31. The van der Waals surface area contributed by atoms with E-state index in [1.165, 1.54) is 7.11 Å². The van der Waals surface area contributed by atoms with Gasteiger partial charge in [-0.1, -0.05) is 52.2 Å². The van der Waals surface area contributed by atoms with Gasteiger partial charge < -0.3 is 9.64 Å². The van der Waals surface area contributed by atoms with Crippen LogP contribution in [0, 0.1) is 11.8 Å². The van der Waals surface area contributed by atoms with Gasteiger partial charge in [0.15, 0.2) is 0 Å². The zero-order chi connectivity index (χ0) is 14.1. The minimum Gasteiger partial charge on any atom is -0.459 e. The maximum atomic E-state index is 11.8. The Labute approximate surface area is 120 Å². The van der Waals surface area contributed by atoms with Gasteiger partial charge in [0.1, 0.15) is 0 Å². The van der Waals surface area contributed by atoms with Crippen LogP contribution in [0.25, 0.3) is 0 Å². The molecule has 1 amide bonds. The molecule has 0 bridgehead atoms. The molecular formula is C14H14BrNO3. The number of hydrogen-bond acceptors (Lipinski definition) is 3. The molecule has 100 valence electrons. The van der Waals surface area contributed by atoms with Crippen LogP contribution in [-0.4, -0.2) is 35.8 Å². The second kappa shape index (κ2) is 8.33. The molecule has 5 heteroatoms. The quantitative estimate of drug-likeness (QED) is 0.366. The van der Waals surface area contributed by atoms with Gasteiger partial charge in [-0.15, -0.1) is 0 Å². The van der Waals surface area contributed by atoms with Crippen molar-refractivity contribution in [3.63, 3.8) is 0 Å². The van der Waals surface area contributed by atoms with E-state index in [0.717, 1.165) is 5.56 Å². The van der Waals surface area contributed by atoms with Crippen LogP contribution in [0.4, 0.5) is 0 Å². The lowest BCUT2D eigenvalue weighted by Gasteiger charge is -2.19. The molecular weight excluding hydrogens is 310 g/mol. The summed E-state index contributed by atoms with van der Waals surface area (Å²) >= 11 is 3.13. The Kier molecular flexibility index (Phi) is 6.69. The third-order valence-electron chi connectivity index (χ3n) is 2.33. The van der Waals surface area contributed by atoms with Gasteiger partial charge in [0, 0.05) is 12.5 Å². The van der Waals surface area contributed by atoms with Crippen LogP contribution in [0.5, 0.6) is 0 Å². The highest BCUT2D eigenvalue weighted by Crippen LogP contribution is 2.05. The Morgan fingerprint density at radius 3 is 2.58 bits per heavy atom. The summed E-state index contributed by atoms with van der Waals surface area (Å²) in [6.07, 6.45) is 0. The topological polar surface area (TPSA) is 46.6 Å². The minimum absolute atomic E-state index is 0.0805. The molecule has 0 heterocycles. The molecule has 1 aromatic rings. The number of benzene rings is 1. The highest BCUT2D eigenvalue weighted by Gasteiger charge is 2.11. The number of rotatable bonds is 4. The summed E-state index contributed by atoms with van der Waals surface area (Å²) in [5, 5.41) is 0.222. The zero-order valence-electron chi connectivity index (χ0n) is 10.6. The molecule has 0 spiro atoms. The van der Waals surface area contributed by atoms with E-state index in [-0.39, 0.29) is 17.8 Å². The van der Waals surface area contributed by atoms with Crippen LogP contribution in [0.3, 0.4) is 0 Å². The largest absolute Gasteiger partial charge is 0.459 e. The summed E-state index contributed by atoms with van der Waals surface area (Å²) in [4.78, 5) is 24.2. The van der Waals surface area contributed by atoms with E-state index < -0.39 is 5.97 Å². The Morgan fingerprint density at radius 1 is 1.32 bits per heavy atom. The predicted octanol–water partition coefficient (Wildman–Crippen LogP) is 1.59. The number of alkyl halides is 1. The Bertz CT molecular complexity index is 490. The second-order valence-corrected chi connectivity index (χ2v) is 4.22. The van der Waals surface area contributed by atoms with Crippen molar-refractivity contribution in [3.05, 3.63) is 35.9 Å². The van der Waals surface area contributed by atoms with Crippen molar-refractivity contribution in [2.75, 3.05) is 19.0 Å². The molecule has 4 nitrogen and oxygen atoms in total. The van der Waals surface area contributed by atoms with Crippen molar-refractivity contribution < 1.29 is 14.3 Å². The average Bonchev–Trinajstić information content (AvgIpc) is 2.46. The number of carbonyl (C=O) groups excluding carboxylic acids is 2. The van der Waals surface area contributed by atoms with Crippen LogP contribution in [0.15, 0.2) is 30.3 Å². The molecule has 0 radical (unpaired) electrons. The van der Waals surface area contributed by atoms with Crippen molar-refractivity contribution in [3.8, 4) is 11.8 Å². The summed E-state index contributed by atoms with van der Waals surface area (Å²) in [6.45, 7) is 0.648. The van der Waals surface area contributed by atoms with Crippen LogP contribution < -0.4 is 0 Å². The van der Waals surface area contributed by atoms with E-state index in [4.69, 9.17) is 0 Å². The first-order valence-corrected chi connectivity index (χ1v) is 6.74. The fourth-order valence-electron chi connectivity index (χ4n) is 1.38. The standard InChI is InChI=1S/C14H14BrNO3/c1-19-14(18)8-5-9-16(13(17)10-15)11-12-6-3-2-4-7-12/h2-4,6-7H,9-11H2,1H3. The van der Waals surface area contributed by atoms with Gasteiger partial charge in [-0.25, -0.2) is 4.79 Å². The normalized spacial score (nSPS) is 9.16. The molecule has 0 fully saturated rings. The third kappa shape index (κ3) is 5.58. The number of ether oxygens (including phenoxy) is 1. The fraction of sp³-hybridized carbons (Fsp3) is 0.286. The monoisotopic (exact) mass is 323 g/mol. The van der Waals surface area contributed by atoms with Crippen LogP contribution in [0.2, 0.25) is 0 Å². The molecule has 0 saturated carbocycles. The number of carbonyl (C=O) groups is 2. The number of methoxy groups -OCH3 is 1. The second-order valence-electron chi connectivity index (χ2n) is 3.66. The van der Waals surface area contributed by atoms with Gasteiger partial charge in [0.2, 0.25) is 5.91 Å². The van der Waals surface area contributed by atoms with Crippen LogP contribution >= 0.6 is 15.9 Å². The van der Waals surface area contributed by atoms with Gasteiger partial charge in [0.25, 0.3) is 0 Å². The molecule has 1 aromatic carbocycles. The van der Waals surface area contributed by atoms with E-state index >= 15 is 0 Å². The average molecular weight is 324 g/mol. The number of esters is 1. The van der Waals surface area contributed by atoms with Gasteiger partial charge in [-0.05, 0) is 5.56 Å². The summed E-state index contributed by atoms with van der Waals surface area (Å²) in [6, 6.07) is 9.60. The first-order valence-electron chi connectivity index (χ1n) is 5.62. The highest BCUT2D eigenvalue weighted by atomic mass is 79.9. The van der Waals surface area contributed by atoms with E-state index in [1.807, 2.05) is 30.3 Å². The van der Waals surface area contributed by atoms with Crippen molar-refractivity contribution in [1.82, 2.24) is 4.90 Å². The van der Waals surface area contributed by atoms with Gasteiger partial charge >= 0.3 is 5.97 Å². The van der Waals surface area contributed by atoms with Crippen molar-refractivity contribution in [2.24, 2.45) is 0 Å². The summed E-state index contributed by atoms with van der Waals surface area (Å²) in [7, 11) is 1.27. The molecule has 0 N–H and O–H groups in total. The predicted molar refractivity (Wildman–Crippen MR) is 75.4 cm³/mol. The molecule has 0 aliphatic heterocycles. The fourth-order valence-corrected chi connectivity index (χ4v) is 1.73. The molecule has 1 rings (SSSR count). The highest BCUT2D eigenvalue weighted by molar-refractivity contribution is 9.09. The third-order valence-corrected chi connectivity index (χ3v) is 2.81. The van der Waals surface area contributed by atoms with Crippen molar-refractivity contribution in [2.45, 2.75) is 6.54 Å². The molecule has 0 unspecified atom stereocenters. The van der Waals surface area contributed by atoms with E-state index in [1.54, 1.807) is 4.90 Å². The molecule has 19 heavy (non-hydrogen) atoms. The van der Waals surface area contributed by atoms with Crippen molar-refractivity contribution >= 4 is 27.8 Å². The Morgan fingerprint density at radius 2 is 2.00 bits per heavy atom. The number of halogens is 1.